The van der Waals surface area contributed by atoms with Crippen LogP contribution in [0.3, 0.4) is 0 Å². The molecule has 0 fully saturated rings. The number of nitrogens with one attached hydrogen (secondary N) is 1. The van der Waals surface area contributed by atoms with Crippen LogP contribution in [0.1, 0.15) is 25.8 Å². The molecule has 0 heterocycles. The highest BCUT2D eigenvalue weighted by Gasteiger charge is 2.00. The fourth-order valence-corrected chi connectivity index (χ4v) is 1.28. The predicted octanol–water partition coefficient (Wildman–Crippen LogP) is 2.62. The van der Waals surface area contributed by atoms with Gasteiger partial charge in [-0.1, -0.05) is 19.1 Å². The lowest BCUT2D eigenvalue weighted by Gasteiger charge is -2.08. The summed E-state index contributed by atoms with van der Waals surface area (Å²) in [6.07, 6.45) is 4.27. The molecule has 1 amide bonds. The molecule has 0 radical (unpaired) electrons. The van der Waals surface area contributed by atoms with Crippen LogP contribution in [0.4, 0.5) is 0 Å². The summed E-state index contributed by atoms with van der Waals surface area (Å²) in [5.74, 6) is 0.751. The minimum absolute atomic E-state index is 0.0600. The molecule has 1 atom stereocenters. The first-order chi connectivity index (χ1) is 8.15. The smallest absolute Gasteiger partial charge is 0.244 e. The van der Waals surface area contributed by atoms with Gasteiger partial charge in [-0.2, -0.15) is 0 Å². The molecule has 0 bridgehead atoms. The molecule has 1 rings (SSSR count). The number of amides is 1. The highest BCUT2D eigenvalue weighted by molar-refractivity contribution is 5.91. The van der Waals surface area contributed by atoms with Crippen molar-refractivity contribution in [2.24, 2.45) is 0 Å². The van der Waals surface area contributed by atoms with E-state index >= 15 is 0 Å². The number of carbonyl (C=O) groups is 1. The summed E-state index contributed by atoms with van der Waals surface area (Å²) < 4.78 is 5.06. The lowest BCUT2D eigenvalue weighted by molar-refractivity contribution is -0.117. The molecule has 1 N–H and O–H groups in total. The van der Waals surface area contributed by atoms with Gasteiger partial charge in [-0.15, -0.1) is 0 Å². The molecule has 3 nitrogen and oxygen atoms in total. The summed E-state index contributed by atoms with van der Waals surface area (Å²) >= 11 is 0. The molecule has 0 aromatic heterocycles. The number of ether oxygens (including phenoxy) is 1. The van der Waals surface area contributed by atoms with Crippen LogP contribution < -0.4 is 10.1 Å². The molecule has 1 aromatic rings. The van der Waals surface area contributed by atoms with E-state index in [4.69, 9.17) is 4.74 Å². The first kappa shape index (κ1) is 13.3. The lowest BCUT2D eigenvalue weighted by Crippen LogP contribution is -2.30. The molecule has 0 aliphatic rings. The number of benzene rings is 1. The molecule has 0 unspecified atom stereocenters. The third-order valence-corrected chi connectivity index (χ3v) is 2.54. The van der Waals surface area contributed by atoms with Crippen molar-refractivity contribution in [3.63, 3.8) is 0 Å². The summed E-state index contributed by atoms with van der Waals surface area (Å²) in [6.45, 7) is 4.03. The van der Waals surface area contributed by atoms with E-state index in [1.807, 2.05) is 38.1 Å². The van der Waals surface area contributed by atoms with Gasteiger partial charge in [-0.25, -0.2) is 0 Å². The normalized spacial score (nSPS) is 12.4. The molecule has 92 valence electrons. The molecule has 0 aliphatic heterocycles. The minimum atomic E-state index is -0.0600. The quantitative estimate of drug-likeness (QED) is 0.794. The van der Waals surface area contributed by atoms with Crippen molar-refractivity contribution in [3.05, 3.63) is 35.9 Å². The van der Waals surface area contributed by atoms with Crippen LogP contribution >= 0.6 is 0 Å². The van der Waals surface area contributed by atoms with Crippen molar-refractivity contribution >= 4 is 12.0 Å². The molecule has 1 aromatic carbocycles. The van der Waals surface area contributed by atoms with E-state index in [0.29, 0.717) is 0 Å². The van der Waals surface area contributed by atoms with Crippen molar-refractivity contribution in [1.29, 1.82) is 0 Å². The fourth-order valence-electron chi connectivity index (χ4n) is 1.28. The van der Waals surface area contributed by atoms with Crippen molar-refractivity contribution in [2.75, 3.05) is 7.11 Å². The Hall–Kier alpha value is -1.77. The highest BCUT2D eigenvalue weighted by atomic mass is 16.5. The second kappa shape index (κ2) is 6.74. The number of hydrogen-bond donors (Lipinski definition) is 1. The molecular formula is C14H19NO2. The van der Waals surface area contributed by atoms with Crippen molar-refractivity contribution in [3.8, 4) is 5.75 Å². The number of methoxy groups -OCH3 is 1. The summed E-state index contributed by atoms with van der Waals surface area (Å²) in [5.41, 5.74) is 0.977. The van der Waals surface area contributed by atoms with Gasteiger partial charge in [-0.05, 0) is 37.1 Å². The van der Waals surface area contributed by atoms with Gasteiger partial charge in [0.2, 0.25) is 5.91 Å². The second-order valence-corrected chi connectivity index (χ2v) is 3.92. The van der Waals surface area contributed by atoms with E-state index < -0.39 is 0 Å². The Morgan fingerprint density at radius 1 is 1.41 bits per heavy atom. The number of rotatable bonds is 5. The monoisotopic (exact) mass is 233 g/mol. The summed E-state index contributed by atoms with van der Waals surface area (Å²) in [7, 11) is 1.63. The number of carbonyl (C=O) groups excluding carboxylic acids is 1. The maximum absolute atomic E-state index is 11.5. The third kappa shape index (κ3) is 4.72. The molecule has 0 spiro atoms. The lowest BCUT2D eigenvalue weighted by atomic mass is 10.2. The fraction of sp³-hybridized carbons (Fsp3) is 0.357. The molecule has 3 heteroatoms. The van der Waals surface area contributed by atoms with E-state index in [2.05, 4.69) is 5.32 Å². The van der Waals surface area contributed by atoms with E-state index in [0.717, 1.165) is 17.7 Å². The summed E-state index contributed by atoms with van der Waals surface area (Å²) in [5, 5.41) is 2.87. The van der Waals surface area contributed by atoms with E-state index in [1.54, 1.807) is 19.3 Å². The largest absolute Gasteiger partial charge is 0.497 e. The van der Waals surface area contributed by atoms with Crippen molar-refractivity contribution in [2.45, 2.75) is 26.3 Å². The van der Waals surface area contributed by atoms with Crippen LogP contribution in [0.5, 0.6) is 5.75 Å². The van der Waals surface area contributed by atoms with Crippen LogP contribution in [0.25, 0.3) is 6.08 Å². The van der Waals surface area contributed by atoms with Gasteiger partial charge in [-0.3, -0.25) is 4.79 Å². The minimum Gasteiger partial charge on any atom is -0.497 e. The predicted molar refractivity (Wildman–Crippen MR) is 69.9 cm³/mol. The Labute approximate surface area is 102 Å². The molecule has 0 aliphatic carbocycles. The molecule has 17 heavy (non-hydrogen) atoms. The zero-order valence-electron chi connectivity index (χ0n) is 10.6. The van der Waals surface area contributed by atoms with Gasteiger partial charge >= 0.3 is 0 Å². The van der Waals surface area contributed by atoms with Gasteiger partial charge in [0.15, 0.2) is 0 Å². The average molecular weight is 233 g/mol. The Bertz CT molecular complexity index is 382. The highest BCUT2D eigenvalue weighted by Crippen LogP contribution is 2.12. The van der Waals surface area contributed by atoms with Gasteiger partial charge in [0, 0.05) is 12.1 Å². The van der Waals surface area contributed by atoms with Crippen LogP contribution in [-0.4, -0.2) is 19.1 Å². The third-order valence-electron chi connectivity index (χ3n) is 2.54. The summed E-state index contributed by atoms with van der Waals surface area (Å²) in [4.78, 5) is 11.5. The topological polar surface area (TPSA) is 38.3 Å². The van der Waals surface area contributed by atoms with E-state index in [1.165, 1.54) is 0 Å². The number of hydrogen-bond acceptors (Lipinski definition) is 2. The first-order valence-electron chi connectivity index (χ1n) is 5.78. The molecule has 0 saturated carbocycles. The maximum atomic E-state index is 11.5. The zero-order valence-corrected chi connectivity index (χ0v) is 10.6. The van der Waals surface area contributed by atoms with E-state index in [9.17, 15) is 4.79 Å². The molecule has 0 saturated heterocycles. The molecular weight excluding hydrogens is 214 g/mol. The second-order valence-electron chi connectivity index (χ2n) is 3.92. The van der Waals surface area contributed by atoms with Crippen LogP contribution in [0, 0.1) is 0 Å². The van der Waals surface area contributed by atoms with Gasteiger partial charge in [0.1, 0.15) is 5.75 Å². The van der Waals surface area contributed by atoms with Crippen LogP contribution in [-0.2, 0) is 4.79 Å². The first-order valence-corrected chi connectivity index (χ1v) is 5.78. The summed E-state index contributed by atoms with van der Waals surface area (Å²) in [6, 6.07) is 7.76. The maximum Gasteiger partial charge on any atom is 0.244 e. The Morgan fingerprint density at radius 2 is 2.06 bits per heavy atom. The van der Waals surface area contributed by atoms with Gasteiger partial charge < -0.3 is 10.1 Å². The van der Waals surface area contributed by atoms with E-state index in [-0.39, 0.29) is 11.9 Å². The van der Waals surface area contributed by atoms with Crippen LogP contribution in [0.15, 0.2) is 30.3 Å². The Morgan fingerprint density at radius 3 is 2.59 bits per heavy atom. The Kier molecular flexibility index (Phi) is 5.27. The zero-order chi connectivity index (χ0) is 12.7. The van der Waals surface area contributed by atoms with Crippen LogP contribution in [0.2, 0.25) is 0 Å². The Balaban J connectivity index is 2.54. The van der Waals surface area contributed by atoms with Gasteiger partial charge in [0.25, 0.3) is 0 Å². The van der Waals surface area contributed by atoms with Crippen molar-refractivity contribution in [1.82, 2.24) is 5.32 Å². The van der Waals surface area contributed by atoms with Crippen molar-refractivity contribution < 1.29 is 9.53 Å². The average Bonchev–Trinajstić information content (AvgIpc) is 2.36. The van der Waals surface area contributed by atoms with Gasteiger partial charge in [0.05, 0.1) is 7.11 Å². The standard InChI is InChI=1S/C14H19NO2/c1-4-11(2)15-14(16)10-7-12-5-8-13(17-3)9-6-12/h5-11H,4H2,1-3H3,(H,15,16)/b10-7+/t11-/m0/s1. The SMILES string of the molecule is CC[C@H](C)NC(=O)/C=C/c1ccc(OC)cc1.